The first-order valence-electron chi connectivity index (χ1n) is 6.99. The lowest BCUT2D eigenvalue weighted by atomic mass is 10.1. The zero-order chi connectivity index (χ0) is 15.2. The molecule has 0 unspecified atom stereocenters. The van der Waals surface area contributed by atoms with E-state index in [0.29, 0.717) is 0 Å². The second-order valence-corrected chi connectivity index (χ2v) is 5.67. The van der Waals surface area contributed by atoms with E-state index < -0.39 is 0 Å². The van der Waals surface area contributed by atoms with E-state index in [4.69, 9.17) is 9.47 Å². The molecule has 114 valence electrons. The number of aromatic nitrogens is 3. The first kappa shape index (κ1) is 15.7. The molecular formula is C15H21N3O2S. The average Bonchev–Trinajstić information content (AvgIpc) is 2.89. The molecule has 2 aromatic rings. The Balaban J connectivity index is 2.25. The maximum Gasteiger partial charge on any atom is 0.191 e. The lowest BCUT2D eigenvalue weighted by Gasteiger charge is -2.10. The monoisotopic (exact) mass is 307 g/mol. The Bertz CT molecular complexity index is 599. The number of thioether (sulfide) groups is 1. The van der Waals surface area contributed by atoms with Crippen LogP contribution in [0.25, 0.3) is 0 Å². The number of rotatable bonds is 7. The Kier molecular flexibility index (Phi) is 5.50. The van der Waals surface area contributed by atoms with Gasteiger partial charge in [0.2, 0.25) is 0 Å². The fourth-order valence-electron chi connectivity index (χ4n) is 2.18. The third kappa shape index (κ3) is 3.50. The Hall–Kier alpha value is -1.69. The van der Waals surface area contributed by atoms with Crippen LogP contribution in [-0.2, 0) is 13.0 Å². The van der Waals surface area contributed by atoms with Gasteiger partial charge in [0, 0.05) is 13.0 Å². The third-order valence-electron chi connectivity index (χ3n) is 3.19. The number of methoxy groups -OCH3 is 2. The van der Waals surface area contributed by atoms with Crippen molar-refractivity contribution in [3.63, 3.8) is 0 Å². The summed E-state index contributed by atoms with van der Waals surface area (Å²) in [4.78, 5) is 0. The minimum Gasteiger partial charge on any atom is -0.493 e. The molecule has 6 heteroatoms. The summed E-state index contributed by atoms with van der Waals surface area (Å²) in [5, 5.41) is 9.57. The van der Waals surface area contributed by atoms with E-state index in [2.05, 4.69) is 28.6 Å². The highest BCUT2D eigenvalue weighted by Crippen LogP contribution is 2.28. The van der Waals surface area contributed by atoms with Gasteiger partial charge in [-0.25, -0.2) is 0 Å². The van der Waals surface area contributed by atoms with Crippen LogP contribution in [0.3, 0.4) is 0 Å². The standard InChI is InChI=1S/C15H21N3O2S/c1-5-18-14(16-17-15(18)21-6-2)10-11-7-8-12(19-3)13(9-11)20-4/h7-9H,5-6,10H2,1-4H3. The number of ether oxygens (including phenoxy) is 2. The van der Waals surface area contributed by atoms with E-state index in [-0.39, 0.29) is 0 Å². The molecule has 0 N–H and O–H groups in total. The van der Waals surface area contributed by atoms with Gasteiger partial charge in [0.25, 0.3) is 0 Å². The topological polar surface area (TPSA) is 49.2 Å². The van der Waals surface area contributed by atoms with Crippen LogP contribution in [0, 0.1) is 0 Å². The van der Waals surface area contributed by atoms with E-state index in [9.17, 15) is 0 Å². The van der Waals surface area contributed by atoms with Crippen LogP contribution in [0.5, 0.6) is 11.5 Å². The lowest BCUT2D eigenvalue weighted by molar-refractivity contribution is 0.354. The van der Waals surface area contributed by atoms with Crippen LogP contribution in [0.15, 0.2) is 23.4 Å². The van der Waals surface area contributed by atoms with Crippen molar-refractivity contribution in [2.45, 2.75) is 32.0 Å². The molecule has 1 heterocycles. The van der Waals surface area contributed by atoms with Gasteiger partial charge in [-0.15, -0.1) is 10.2 Å². The van der Waals surface area contributed by atoms with Crippen LogP contribution in [0.2, 0.25) is 0 Å². The van der Waals surface area contributed by atoms with Gasteiger partial charge in [-0.2, -0.15) is 0 Å². The maximum absolute atomic E-state index is 5.34. The number of benzene rings is 1. The predicted octanol–water partition coefficient (Wildman–Crippen LogP) is 3.02. The molecule has 0 bridgehead atoms. The Morgan fingerprint density at radius 2 is 1.86 bits per heavy atom. The zero-order valence-electron chi connectivity index (χ0n) is 12.9. The molecule has 0 amide bonds. The normalized spacial score (nSPS) is 10.7. The summed E-state index contributed by atoms with van der Waals surface area (Å²) in [5.74, 6) is 3.44. The molecule has 5 nitrogen and oxygen atoms in total. The number of nitrogens with zero attached hydrogens (tertiary/aromatic N) is 3. The number of hydrogen-bond acceptors (Lipinski definition) is 5. The van der Waals surface area contributed by atoms with Crippen LogP contribution >= 0.6 is 11.8 Å². The minimum atomic E-state index is 0.728. The quantitative estimate of drug-likeness (QED) is 0.736. The molecule has 0 saturated heterocycles. The molecule has 21 heavy (non-hydrogen) atoms. The van der Waals surface area contributed by atoms with Crippen molar-refractivity contribution in [2.75, 3.05) is 20.0 Å². The molecule has 0 aliphatic carbocycles. The predicted molar refractivity (Wildman–Crippen MR) is 84.4 cm³/mol. The van der Waals surface area contributed by atoms with Gasteiger partial charge in [-0.05, 0) is 30.4 Å². The number of hydrogen-bond donors (Lipinski definition) is 0. The molecule has 2 rings (SSSR count). The molecule has 1 aromatic heterocycles. The fourth-order valence-corrected chi connectivity index (χ4v) is 2.92. The third-order valence-corrected chi connectivity index (χ3v) is 4.04. The molecule has 0 spiro atoms. The van der Waals surface area contributed by atoms with Crippen LogP contribution in [0.4, 0.5) is 0 Å². The van der Waals surface area contributed by atoms with Crippen LogP contribution in [-0.4, -0.2) is 34.7 Å². The molecule has 0 radical (unpaired) electrons. The van der Waals surface area contributed by atoms with Gasteiger partial charge in [0.05, 0.1) is 14.2 Å². The van der Waals surface area contributed by atoms with Crippen LogP contribution in [0.1, 0.15) is 25.2 Å². The van der Waals surface area contributed by atoms with Crippen molar-refractivity contribution < 1.29 is 9.47 Å². The fraction of sp³-hybridized carbons (Fsp3) is 0.467. The summed E-state index contributed by atoms with van der Waals surface area (Å²) in [5.41, 5.74) is 1.13. The van der Waals surface area contributed by atoms with Crippen molar-refractivity contribution in [3.8, 4) is 11.5 Å². The Morgan fingerprint density at radius 1 is 1.10 bits per heavy atom. The summed E-state index contributed by atoms with van der Waals surface area (Å²) in [6.45, 7) is 5.10. The first-order chi connectivity index (χ1) is 10.2. The van der Waals surface area contributed by atoms with Gasteiger partial charge in [0.15, 0.2) is 16.7 Å². The SMILES string of the molecule is CCSc1nnc(Cc2ccc(OC)c(OC)c2)n1CC. The molecule has 0 aliphatic rings. The van der Waals surface area contributed by atoms with Crippen molar-refractivity contribution in [2.24, 2.45) is 0 Å². The largest absolute Gasteiger partial charge is 0.493 e. The van der Waals surface area contributed by atoms with E-state index in [0.717, 1.165) is 46.8 Å². The second kappa shape index (κ2) is 7.36. The average molecular weight is 307 g/mol. The summed E-state index contributed by atoms with van der Waals surface area (Å²) in [6.07, 6.45) is 0.728. The van der Waals surface area contributed by atoms with Crippen molar-refractivity contribution in [1.29, 1.82) is 0 Å². The van der Waals surface area contributed by atoms with Gasteiger partial charge < -0.3 is 14.0 Å². The van der Waals surface area contributed by atoms with Crippen molar-refractivity contribution in [3.05, 3.63) is 29.6 Å². The van der Waals surface area contributed by atoms with Crippen molar-refractivity contribution in [1.82, 2.24) is 14.8 Å². The molecule has 1 aromatic carbocycles. The maximum atomic E-state index is 5.34. The van der Waals surface area contributed by atoms with Gasteiger partial charge in [-0.3, -0.25) is 0 Å². The van der Waals surface area contributed by atoms with Gasteiger partial charge in [0.1, 0.15) is 5.82 Å². The van der Waals surface area contributed by atoms with Crippen molar-refractivity contribution >= 4 is 11.8 Å². The first-order valence-corrected chi connectivity index (χ1v) is 7.97. The summed E-state index contributed by atoms with van der Waals surface area (Å²) in [7, 11) is 3.28. The highest BCUT2D eigenvalue weighted by molar-refractivity contribution is 7.99. The smallest absolute Gasteiger partial charge is 0.191 e. The highest BCUT2D eigenvalue weighted by Gasteiger charge is 2.12. The van der Waals surface area contributed by atoms with E-state index in [1.165, 1.54) is 0 Å². The molecule has 0 atom stereocenters. The Morgan fingerprint density at radius 3 is 2.48 bits per heavy atom. The summed E-state index contributed by atoms with van der Waals surface area (Å²) < 4.78 is 12.8. The zero-order valence-corrected chi connectivity index (χ0v) is 13.7. The molecule has 0 saturated carbocycles. The molecule has 0 aliphatic heterocycles. The molecular weight excluding hydrogens is 286 g/mol. The highest BCUT2D eigenvalue weighted by atomic mass is 32.2. The van der Waals surface area contributed by atoms with Gasteiger partial charge >= 0.3 is 0 Å². The minimum absolute atomic E-state index is 0.728. The summed E-state index contributed by atoms with van der Waals surface area (Å²) in [6, 6.07) is 5.94. The van der Waals surface area contributed by atoms with E-state index >= 15 is 0 Å². The molecule has 0 fully saturated rings. The van der Waals surface area contributed by atoms with E-state index in [1.807, 2.05) is 18.2 Å². The van der Waals surface area contributed by atoms with E-state index in [1.54, 1.807) is 26.0 Å². The van der Waals surface area contributed by atoms with Gasteiger partial charge in [-0.1, -0.05) is 24.8 Å². The second-order valence-electron chi connectivity index (χ2n) is 4.44. The van der Waals surface area contributed by atoms with Crippen LogP contribution < -0.4 is 9.47 Å². The Labute approximate surface area is 129 Å². The summed E-state index contributed by atoms with van der Waals surface area (Å²) >= 11 is 1.72. The lowest BCUT2D eigenvalue weighted by Crippen LogP contribution is -2.04.